The number of rotatable bonds is 7. The van der Waals surface area contributed by atoms with Crippen LogP contribution in [0.25, 0.3) is 11.3 Å². The molecule has 1 N–H and O–H groups in total. The fourth-order valence-corrected chi connectivity index (χ4v) is 3.44. The Kier molecular flexibility index (Phi) is 7.03. The summed E-state index contributed by atoms with van der Waals surface area (Å²) in [5.41, 5.74) is 1.77. The van der Waals surface area contributed by atoms with Crippen LogP contribution in [0.3, 0.4) is 0 Å². The third kappa shape index (κ3) is 5.78. The molecule has 2 aromatic carbocycles. The van der Waals surface area contributed by atoms with E-state index in [4.69, 9.17) is 4.98 Å². The molecule has 166 valence electrons. The smallest absolute Gasteiger partial charge is 0.273 e. The van der Waals surface area contributed by atoms with Crippen LogP contribution in [-0.2, 0) is 17.8 Å². The Morgan fingerprint density at radius 2 is 1.56 bits per heavy atom. The van der Waals surface area contributed by atoms with Crippen LogP contribution in [-0.4, -0.2) is 26.8 Å². The molecule has 0 unspecified atom stereocenters. The summed E-state index contributed by atoms with van der Waals surface area (Å²) in [6.07, 6.45) is 0.486. The number of hydrogen-bond donors (Lipinski definition) is 1. The van der Waals surface area contributed by atoms with Crippen molar-refractivity contribution in [2.45, 2.75) is 52.6 Å². The maximum absolute atomic E-state index is 13.5. The minimum atomic E-state index is -0.505. The highest BCUT2D eigenvalue weighted by molar-refractivity contribution is 5.98. The van der Waals surface area contributed by atoms with Gasteiger partial charge >= 0.3 is 0 Å². The Morgan fingerprint density at radius 1 is 0.969 bits per heavy atom. The first-order valence-corrected chi connectivity index (χ1v) is 10.7. The Labute approximate surface area is 188 Å². The van der Waals surface area contributed by atoms with Crippen LogP contribution in [0.1, 0.15) is 55.9 Å². The lowest BCUT2D eigenvalue weighted by Gasteiger charge is -2.24. The van der Waals surface area contributed by atoms with Crippen molar-refractivity contribution in [3.05, 3.63) is 88.0 Å². The van der Waals surface area contributed by atoms with E-state index >= 15 is 0 Å². The number of Topliss-reactive ketones (excluding diaryl/α,β-unsaturated/α-hetero) is 1. The zero-order valence-electron chi connectivity index (χ0n) is 19.0. The summed E-state index contributed by atoms with van der Waals surface area (Å²) in [4.78, 5) is 43.3. The molecule has 0 fully saturated rings. The van der Waals surface area contributed by atoms with E-state index in [9.17, 15) is 14.4 Å². The molecule has 32 heavy (non-hydrogen) atoms. The van der Waals surface area contributed by atoms with E-state index in [0.717, 1.165) is 11.1 Å². The van der Waals surface area contributed by atoms with E-state index < -0.39 is 11.4 Å². The van der Waals surface area contributed by atoms with Gasteiger partial charge in [-0.25, -0.2) is 4.98 Å². The van der Waals surface area contributed by atoms with Crippen LogP contribution in [0.4, 0.5) is 0 Å². The Balaban J connectivity index is 2.26. The number of carbonyl (C=O) groups excluding carboxylic acids is 2. The van der Waals surface area contributed by atoms with E-state index in [0.29, 0.717) is 17.8 Å². The summed E-state index contributed by atoms with van der Waals surface area (Å²) in [5.74, 6) is -0.447. The predicted molar refractivity (Wildman–Crippen MR) is 126 cm³/mol. The van der Waals surface area contributed by atoms with Crippen molar-refractivity contribution in [2.75, 3.05) is 0 Å². The van der Waals surface area contributed by atoms with E-state index in [2.05, 4.69) is 5.32 Å². The second kappa shape index (κ2) is 9.73. The highest BCUT2D eigenvalue weighted by atomic mass is 16.2. The van der Waals surface area contributed by atoms with Gasteiger partial charge in [0, 0.05) is 30.5 Å². The summed E-state index contributed by atoms with van der Waals surface area (Å²) in [6.45, 7) is 7.22. The van der Waals surface area contributed by atoms with Gasteiger partial charge in [0.25, 0.3) is 11.5 Å². The largest absolute Gasteiger partial charge is 0.346 e. The molecule has 1 aromatic heterocycles. The number of hydrogen-bond acceptors (Lipinski definition) is 4. The third-order valence-corrected chi connectivity index (χ3v) is 4.89. The zero-order chi connectivity index (χ0) is 23.3. The van der Waals surface area contributed by atoms with Gasteiger partial charge in [-0.05, 0) is 33.3 Å². The van der Waals surface area contributed by atoms with Crippen LogP contribution >= 0.6 is 0 Å². The third-order valence-electron chi connectivity index (χ3n) is 4.89. The van der Waals surface area contributed by atoms with Gasteiger partial charge in [0.15, 0.2) is 0 Å². The number of carbonyl (C=O) groups is 2. The van der Waals surface area contributed by atoms with Crippen molar-refractivity contribution in [3.8, 4) is 11.3 Å². The van der Waals surface area contributed by atoms with Gasteiger partial charge in [0.2, 0.25) is 0 Å². The summed E-state index contributed by atoms with van der Waals surface area (Å²) in [7, 11) is 0. The average molecular weight is 432 g/mol. The van der Waals surface area contributed by atoms with E-state index in [-0.39, 0.29) is 30.0 Å². The van der Waals surface area contributed by atoms with Gasteiger partial charge in [-0.2, -0.15) is 0 Å². The Morgan fingerprint density at radius 3 is 2.12 bits per heavy atom. The monoisotopic (exact) mass is 431 g/mol. The molecule has 0 aliphatic heterocycles. The van der Waals surface area contributed by atoms with Crippen molar-refractivity contribution in [2.24, 2.45) is 0 Å². The second-order valence-electron chi connectivity index (χ2n) is 8.90. The van der Waals surface area contributed by atoms with E-state index in [1.54, 1.807) is 0 Å². The molecular weight excluding hydrogens is 402 g/mol. The molecule has 1 heterocycles. The molecule has 0 saturated carbocycles. The van der Waals surface area contributed by atoms with Gasteiger partial charge in [0.1, 0.15) is 22.9 Å². The number of nitrogens with zero attached hydrogens (tertiary/aromatic N) is 2. The van der Waals surface area contributed by atoms with Gasteiger partial charge in [-0.15, -0.1) is 0 Å². The lowest BCUT2D eigenvalue weighted by Crippen LogP contribution is -2.44. The Hall–Kier alpha value is -3.54. The van der Waals surface area contributed by atoms with Crippen LogP contribution < -0.4 is 10.9 Å². The fourth-order valence-electron chi connectivity index (χ4n) is 3.44. The zero-order valence-corrected chi connectivity index (χ0v) is 19.0. The predicted octanol–water partition coefficient (Wildman–Crippen LogP) is 4.01. The average Bonchev–Trinajstić information content (AvgIpc) is 2.74. The first-order valence-electron chi connectivity index (χ1n) is 10.7. The minimum absolute atomic E-state index is 0.0539. The molecule has 0 saturated heterocycles. The molecule has 6 nitrogen and oxygen atoms in total. The highest BCUT2D eigenvalue weighted by Crippen LogP contribution is 2.23. The molecule has 3 rings (SSSR count). The molecule has 0 radical (unpaired) electrons. The first-order chi connectivity index (χ1) is 15.2. The molecule has 0 aliphatic carbocycles. The van der Waals surface area contributed by atoms with E-state index in [1.165, 1.54) is 11.5 Å². The number of benzene rings is 2. The number of ketones is 1. The maximum atomic E-state index is 13.5. The number of amides is 1. The summed E-state index contributed by atoms with van der Waals surface area (Å²) >= 11 is 0. The SMILES string of the molecule is CC(=O)CCn1c(C(=O)NC(C)(C)C)c(-c2ccccc2)nc(Cc2ccccc2)c1=O. The van der Waals surface area contributed by atoms with Crippen molar-refractivity contribution in [1.29, 1.82) is 0 Å². The van der Waals surface area contributed by atoms with Crippen molar-refractivity contribution in [1.82, 2.24) is 14.9 Å². The van der Waals surface area contributed by atoms with E-state index in [1.807, 2.05) is 81.4 Å². The van der Waals surface area contributed by atoms with Gasteiger partial charge in [-0.1, -0.05) is 60.7 Å². The van der Waals surface area contributed by atoms with Crippen LogP contribution in [0.15, 0.2) is 65.5 Å². The summed E-state index contributed by atoms with van der Waals surface area (Å²) < 4.78 is 1.41. The molecule has 0 spiro atoms. The van der Waals surface area contributed by atoms with Crippen LogP contribution in [0.5, 0.6) is 0 Å². The molecule has 1 amide bonds. The Bertz CT molecular complexity index is 1160. The molecule has 0 atom stereocenters. The van der Waals surface area contributed by atoms with Crippen molar-refractivity contribution >= 4 is 11.7 Å². The lowest BCUT2D eigenvalue weighted by atomic mass is 10.0. The van der Waals surface area contributed by atoms with Gasteiger partial charge < -0.3 is 9.88 Å². The summed E-state index contributed by atoms with van der Waals surface area (Å²) in [6, 6.07) is 18.9. The van der Waals surface area contributed by atoms with Gasteiger partial charge in [-0.3, -0.25) is 14.4 Å². The summed E-state index contributed by atoms with van der Waals surface area (Å²) in [5, 5.41) is 2.95. The normalized spacial score (nSPS) is 11.2. The minimum Gasteiger partial charge on any atom is -0.346 e. The standard InChI is InChI=1S/C26H29N3O3/c1-18(30)15-16-29-23(24(31)28-26(2,3)4)22(20-13-9-6-10-14-20)27-21(25(29)32)17-19-11-7-5-8-12-19/h5-14H,15-17H2,1-4H3,(H,28,31). The fraction of sp³-hybridized carbons (Fsp3) is 0.308. The second-order valence-corrected chi connectivity index (χ2v) is 8.90. The number of aromatic nitrogens is 2. The quantitative estimate of drug-likeness (QED) is 0.613. The van der Waals surface area contributed by atoms with Crippen molar-refractivity contribution < 1.29 is 9.59 Å². The first kappa shape index (κ1) is 23.1. The molecule has 0 aliphatic rings. The van der Waals surface area contributed by atoms with Crippen LogP contribution in [0, 0.1) is 0 Å². The maximum Gasteiger partial charge on any atom is 0.273 e. The molecule has 0 bridgehead atoms. The molecule has 3 aromatic rings. The molecular formula is C26H29N3O3. The van der Waals surface area contributed by atoms with Crippen LogP contribution in [0.2, 0.25) is 0 Å². The topological polar surface area (TPSA) is 81.1 Å². The highest BCUT2D eigenvalue weighted by Gasteiger charge is 2.26. The molecule has 6 heteroatoms. The van der Waals surface area contributed by atoms with Gasteiger partial charge in [0.05, 0.1) is 0 Å². The lowest BCUT2D eigenvalue weighted by molar-refractivity contribution is -0.117. The van der Waals surface area contributed by atoms with Crippen molar-refractivity contribution in [3.63, 3.8) is 0 Å². The number of nitrogens with one attached hydrogen (secondary N) is 1.